The molecule has 0 aliphatic heterocycles. The smallest absolute Gasteiger partial charge is 0.130 e. The minimum atomic E-state index is 0.302. The van der Waals surface area contributed by atoms with Crippen molar-refractivity contribution in [1.82, 2.24) is 9.59 Å². The van der Waals surface area contributed by atoms with Crippen LogP contribution in [0, 0.1) is 0 Å². The van der Waals surface area contributed by atoms with Crippen LogP contribution in [0.15, 0.2) is 30.5 Å². The van der Waals surface area contributed by atoms with Crippen LogP contribution in [0.5, 0.6) is 5.75 Å². The Bertz CT molecular complexity index is 427. The molecule has 0 fully saturated rings. The first-order valence-electron chi connectivity index (χ1n) is 5.06. The summed E-state index contributed by atoms with van der Waals surface area (Å²) in [6.45, 7) is 2.10. The monoisotopic (exact) mass is 235 g/mol. The van der Waals surface area contributed by atoms with Gasteiger partial charge in [0.1, 0.15) is 10.8 Å². The number of anilines is 1. The number of phenolic OH excluding ortho intramolecular Hbond substituents is 1. The predicted octanol–water partition coefficient (Wildman–Crippen LogP) is 2.29. The van der Waals surface area contributed by atoms with Gasteiger partial charge in [0.2, 0.25) is 0 Å². The van der Waals surface area contributed by atoms with Crippen molar-refractivity contribution in [2.45, 2.75) is 19.4 Å². The van der Waals surface area contributed by atoms with E-state index in [9.17, 15) is 0 Å². The van der Waals surface area contributed by atoms with Crippen LogP contribution in [0.2, 0.25) is 0 Å². The van der Waals surface area contributed by atoms with E-state index in [1.807, 2.05) is 12.1 Å². The number of nitrogens with zero attached hydrogens (tertiary/aromatic N) is 2. The first-order chi connectivity index (χ1) is 7.74. The zero-order valence-corrected chi connectivity index (χ0v) is 9.74. The van der Waals surface area contributed by atoms with E-state index in [4.69, 9.17) is 5.11 Å². The quantitative estimate of drug-likeness (QED) is 0.853. The Morgan fingerprint density at radius 1 is 1.38 bits per heavy atom. The molecule has 0 aliphatic carbocycles. The van der Waals surface area contributed by atoms with Gasteiger partial charge in [-0.15, -0.1) is 5.10 Å². The zero-order chi connectivity index (χ0) is 11.4. The van der Waals surface area contributed by atoms with Gasteiger partial charge in [-0.3, -0.25) is 0 Å². The topological polar surface area (TPSA) is 58.0 Å². The lowest BCUT2D eigenvalue weighted by molar-refractivity contribution is 0.475. The van der Waals surface area contributed by atoms with Crippen molar-refractivity contribution in [3.8, 4) is 5.75 Å². The van der Waals surface area contributed by atoms with Crippen LogP contribution in [0.4, 0.5) is 5.00 Å². The minimum absolute atomic E-state index is 0.302. The Kier molecular flexibility index (Phi) is 3.36. The fourth-order valence-electron chi connectivity index (χ4n) is 1.51. The van der Waals surface area contributed by atoms with E-state index >= 15 is 0 Å². The lowest BCUT2D eigenvalue weighted by Gasteiger charge is -2.12. The van der Waals surface area contributed by atoms with E-state index in [1.165, 1.54) is 17.1 Å². The highest BCUT2D eigenvalue weighted by atomic mass is 32.1. The maximum Gasteiger partial charge on any atom is 0.130 e. The molecule has 2 rings (SSSR count). The van der Waals surface area contributed by atoms with Gasteiger partial charge in [0.15, 0.2) is 0 Å². The molecule has 0 radical (unpaired) electrons. The number of rotatable bonds is 4. The Morgan fingerprint density at radius 3 is 2.75 bits per heavy atom. The molecular weight excluding hydrogens is 222 g/mol. The normalized spacial score (nSPS) is 12.3. The molecule has 0 amide bonds. The number of hydrogen-bond donors (Lipinski definition) is 2. The Hall–Kier alpha value is -1.62. The SMILES string of the molecule is CC(Cc1ccc(O)cc1)Nc1cnns1. The highest BCUT2D eigenvalue weighted by Crippen LogP contribution is 2.15. The van der Waals surface area contributed by atoms with Gasteiger partial charge in [-0.1, -0.05) is 16.6 Å². The third kappa shape index (κ3) is 2.93. The second-order valence-electron chi connectivity index (χ2n) is 3.70. The van der Waals surface area contributed by atoms with Crippen LogP contribution in [0.25, 0.3) is 0 Å². The van der Waals surface area contributed by atoms with Gasteiger partial charge in [-0.2, -0.15) is 0 Å². The van der Waals surface area contributed by atoms with Crippen LogP contribution in [-0.4, -0.2) is 20.7 Å². The van der Waals surface area contributed by atoms with E-state index < -0.39 is 0 Å². The van der Waals surface area contributed by atoms with Crippen LogP contribution >= 0.6 is 11.5 Å². The van der Waals surface area contributed by atoms with Gasteiger partial charge >= 0.3 is 0 Å². The first-order valence-corrected chi connectivity index (χ1v) is 5.83. The Morgan fingerprint density at radius 2 is 2.12 bits per heavy atom. The largest absolute Gasteiger partial charge is 0.508 e. The number of nitrogens with one attached hydrogen (secondary N) is 1. The summed E-state index contributed by atoms with van der Waals surface area (Å²) in [6, 6.07) is 7.58. The molecule has 0 saturated carbocycles. The second-order valence-corrected chi connectivity index (χ2v) is 4.48. The highest BCUT2D eigenvalue weighted by molar-refractivity contribution is 7.09. The van der Waals surface area contributed by atoms with Gasteiger partial charge in [0.25, 0.3) is 0 Å². The molecule has 1 aromatic carbocycles. The molecule has 1 heterocycles. The van der Waals surface area contributed by atoms with Gasteiger partial charge in [-0.05, 0) is 31.0 Å². The fraction of sp³-hybridized carbons (Fsp3) is 0.273. The summed E-state index contributed by atoms with van der Waals surface area (Å²) in [6.07, 6.45) is 2.62. The summed E-state index contributed by atoms with van der Waals surface area (Å²) in [5, 5.41) is 17.2. The molecule has 0 spiro atoms. The molecule has 5 heteroatoms. The average Bonchev–Trinajstić information content (AvgIpc) is 2.74. The predicted molar refractivity (Wildman–Crippen MR) is 64.8 cm³/mol. The molecule has 2 N–H and O–H groups in total. The molecule has 16 heavy (non-hydrogen) atoms. The van der Waals surface area contributed by atoms with Gasteiger partial charge in [0.05, 0.1) is 6.20 Å². The van der Waals surface area contributed by atoms with E-state index in [-0.39, 0.29) is 0 Å². The van der Waals surface area contributed by atoms with Crippen LogP contribution in [0.1, 0.15) is 12.5 Å². The maximum absolute atomic E-state index is 9.17. The maximum atomic E-state index is 9.17. The second kappa shape index (κ2) is 4.94. The number of benzene rings is 1. The Balaban J connectivity index is 1.92. The molecule has 84 valence electrons. The van der Waals surface area contributed by atoms with Crippen molar-refractivity contribution >= 4 is 16.5 Å². The summed E-state index contributed by atoms with van der Waals surface area (Å²) in [7, 11) is 0. The molecule has 2 aromatic rings. The van der Waals surface area contributed by atoms with Crippen LogP contribution in [0.3, 0.4) is 0 Å². The molecule has 1 unspecified atom stereocenters. The molecule has 0 saturated heterocycles. The average molecular weight is 235 g/mol. The van der Waals surface area contributed by atoms with Gasteiger partial charge < -0.3 is 10.4 Å². The summed E-state index contributed by atoms with van der Waals surface area (Å²) in [4.78, 5) is 0. The van der Waals surface area contributed by atoms with Crippen molar-refractivity contribution < 1.29 is 5.11 Å². The molecule has 0 aliphatic rings. The lowest BCUT2D eigenvalue weighted by Crippen LogP contribution is -2.17. The van der Waals surface area contributed by atoms with Crippen LogP contribution < -0.4 is 5.32 Å². The third-order valence-corrected chi connectivity index (χ3v) is 2.82. The van der Waals surface area contributed by atoms with Crippen molar-refractivity contribution in [1.29, 1.82) is 0 Å². The number of phenols is 1. The van der Waals surface area contributed by atoms with E-state index in [0.29, 0.717) is 11.8 Å². The standard InChI is InChI=1S/C11H13N3OS/c1-8(13-11-7-12-14-16-11)6-9-2-4-10(15)5-3-9/h2-5,7-8,13,15H,6H2,1H3. The van der Waals surface area contributed by atoms with E-state index in [0.717, 1.165) is 11.4 Å². The zero-order valence-electron chi connectivity index (χ0n) is 8.92. The number of aromatic nitrogens is 2. The molecular formula is C11H13N3OS. The molecule has 0 bridgehead atoms. The molecule has 1 aromatic heterocycles. The summed E-state index contributed by atoms with van der Waals surface area (Å²) >= 11 is 1.35. The van der Waals surface area contributed by atoms with Crippen LogP contribution in [-0.2, 0) is 6.42 Å². The van der Waals surface area contributed by atoms with Gasteiger partial charge in [0, 0.05) is 17.6 Å². The molecule has 4 nitrogen and oxygen atoms in total. The van der Waals surface area contributed by atoms with E-state index in [1.54, 1.807) is 18.3 Å². The van der Waals surface area contributed by atoms with Crippen molar-refractivity contribution in [3.63, 3.8) is 0 Å². The lowest BCUT2D eigenvalue weighted by atomic mass is 10.1. The minimum Gasteiger partial charge on any atom is -0.508 e. The third-order valence-electron chi connectivity index (χ3n) is 2.23. The van der Waals surface area contributed by atoms with Gasteiger partial charge in [-0.25, -0.2) is 0 Å². The summed E-state index contributed by atoms with van der Waals surface area (Å²) in [5.41, 5.74) is 1.19. The summed E-state index contributed by atoms with van der Waals surface area (Å²) in [5.74, 6) is 0.302. The number of aromatic hydroxyl groups is 1. The van der Waals surface area contributed by atoms with E-state index in [2.05, 4.69) is 21.8 Å². The number of hydrogen-bond acceptors (Lipinski definition) is 5. The fourth-order valence-corrected chi connectivity index (χ4v) is 2.04. The first kappa shape index (κ1) is 10.9. The highest BCUT2D eigenvalue weighted by Gasteiger charge is 2.05. The van der Waals surface area contributed by atoms with Crippen molar-refractivity contribution in [3.05, 3.63) is 36.0 Å². The van der Waals surface area contributed by atoms with Crippen molar-refractivity contribution in [2.24, 2.45) is 0 Å². The van der Waals surface area contributed by atoms with Crippen molar-refractivity contribution in [2.75, 3.05) is 5.32 Å². The Labute approximate surface area is 98.1 Å². The summed E-state index contributed by atoms with van der Waals surface area (Å²) < 4.78 is 3.79. The molecule has 1 atom stereocenters.